The molecule has 0 bridgehead atoms. The third-order valence-corrected chi connectivity index (χ3v) is 5.56. The van der Waals surface area contributed by atoms with E-state index in [1.807, 2.05) is 24.2 Å². The van der Waals surface area contributed by atoms with Gasteiger partial charge in [-0.2, -0.15) is 0 Å². The minimum absolute atomic E-state index is 0.0944. The van der Waals surface area contributed by atoms with E-state index in [0.29, 0.717) is 39.1 Å². The maximum Gasteiger partial charge on any atom is 0.226 e. The van der Waals surface area contributed by atoms with Gasteiger partial charge in [-0.25, -0.2) is 4.39 Å². The summed E-state index contributed by atoms with van der Waals surface area (Å²) in [6, 6.07) is 2.09. The van der Waals surface area contributed by atoms with Crippen LogP contribution in [0.15, 0.2) is 18.5 Å². The van der Waals surface area contributed by atoms with E-state index in [2.05, 4.69) is 11.1 Å². The monoisotopic (exact) mass is 348 g/mol. The van der Waals surface area contributed by atoms with E-state index in [0.717, 1.165) is 24.0 Å². The molecule has 1 amide bonds. The summed E-state index contributed by atoms with van der Waals surface area (Å²) in [6.45, 7) is 4.47. The van der Waals surface area contributed by atoms with Crippen molar-refractivity contribution >= 4 is 5.91 Å². The van der Waals surface area contributed by atoms with E-state index in [1.54, 1.807) is 0 Å². The van der Waals surface area contributed by atoms with E-state index in [1.165, 1.54) is 0 Å². The van der Waals surface area contributed by atoms with E-state index < -0.39 is 6.17 Å². The number of carbonyl (C=O) groups excluding carboxylic acids is 1. The van der Waals surface area contributed by atoms with Gasteiger partial charge in [-0.1, -0.05) is 6.07 Å². The van der Waals surface area contributed by atoms with Gasteiger partial charge in [-0.05, 0) is 37.3 Å². The standard InChI is InChI=1S/C19H25FN2O3/c1-13-4-14(9-21-8-13)10-24-17-2-3-25-19(7-17)11-22(12-19)18(23)15-5-16(20)6-15/h4,8-9,15-17H,2-3,5-7,10-12H2,1H3/t15?,16?,17-/m1/s1. The molecular formula is C19H25FN2O3. The molecule has 0 radical (unpaired) electrons. The van der Waals surface area contributed by atoms with Gasteiger partial charge >= 0.3 is 0 Å². The van der Waals surface area contributed by atoms with Crippen molar-refractivity contribution in [1.29, 1.82) is 0 Å². The fraction of sp³-hybridized carbons (Fsp3) is 0.684. The molecule has 1 aromatic rings. The molecule has 1 aromatic heterocycles. The molecule has 4 rings (SSSR count). The number of hydrogen-bond donors (Lipinski definition) is 0. The highest BCUT2D eigenvalue weighted by Gasteiger charge is 2.51. The van der Waals surface area contributed by atoms with Crippen LogP contribution >= 0.6 is 0 Å². The molecule has 6 heteroatoms. The smallest absolute Gasteiger partial charge is 0.226 e. The van der Waals surface area contributed by atoms with Crippen molar-refractivity contribution in [3.63, 3.8) is 0 Å². The number of halogens is 1. The summed E-state index contributed by atoms with van der Waals surface area (Å²) in [5.41, 5.74) is 1.95. The van der Waals surface area contributed by atoms with Crippen molar-refractivity contribution in [3.8, 4) is 0 Å². The second kappa shape index (κ2) is 6.65. The molecule has 2 aliphatic heterocycles. The summed E-state index contributed by atoms with van der Waals surface area (Å²) < 4.78 is 25.0. The maximum atomic E-state index is 12.9. The number of rotatable bonds is 4. The first kappa shape index (κ1) is 16.9. The number of amides is 1. The van der Waals surface area contributed by atoms with Crippen LogP contribution in [0.2, 0.25) is 0 Å². The fourth-order valence-corrected chi connectivity index (χ4v) is 4.07. The van der Waals surface area contributed by atoms with Gasteiger partial charge in [0.1, 0.15) is 11.8 Å². The van der Waals surface area contributed by atoms with E-state index >= 15 is 0 Å². The molecule has 1 spiro atoms. The predicted molar refractivity (Wildman–Crippen MR) is 89.7 cm³/mol. The molecule has 25 heavy (non-hydrogen) atoms. The second-order valence-corrected chi connectivity index (χ2v) is 7.79. The Labute approximate surface area is 147 Å². The Balaban J connectivity index is 1.26. The molecule has 0 N–H and O–H groups in total. The second-order valence-electron chi connectivity index (χ2n) is 7.79. The summed E-state index contributed by atoms with van der Waals surface area (Å²) >= 11 is 0. The average molecular weight is 348 g/mol. The fourth-order valence-electron chi connectivity index (χ4n) is 4.07. The zero-order valence-corrected chi connectivity index (χ0v) is 14.6. The summed E-state index contributed by atoms with van der Waals surface area (Å²) in [7, 11) is 0. The summed E-state index contributed by atoms with van der Waals surface area (Å²) in [6.07, 6.45) is 5.49. The van der Waals surface area contributed by atoms with Crippen LogP contribution < -0.4 is 0 Å². The van der Waals surface area contributed by atoms with Crippen LogP contribution in [0.5, 0.6) is 0 Å². The topological polar surface area (TPSA) is 51.7 Å². The van der Waals surface area contributed by atoms with Crippen LogP contribution in [-0.4, -0.2) is 53.4 Å². The number of alkyl halides is 1. The molecule has 1 atom stereocenters. The minimum atomic E-state index is -0.788. The Morgan fingerprint density at radius 2 is 2.24 bits per heavy atom. The summed E-state index contributed by atoms with van der Waals surface area (Å²) in [5, 5.41) is 0. The van der Waals surface area contributed by atoms with Gasteiger partial charge in [-0.3, -0.25) is 9.78 Å². The van der Waals surface area contributed by atoms with Crippen molar-refractivity contribution in [2.24, 2.45) is 5.92 Å². The van der Waals surface area contributed by atoms with Crippen molar-refractivity contribution < 1.29 is 18.7 Å². The van der Waals surface area contributed by atoms with Crippen molar-refractivity contribution in [3.05, 3.63) is 29.6 Å². The van der Waals surface area contributed by atoms with Crippen molar-refractivity contribution in [1.82, 2.24) is 9.88 Å². The van der Waals surface area contributed by atoms with Crippen LogP contribution in [0, 0.1) is 12.8 Å². The van der Waals surface area contributed by atoms with Crippen LogP contribution in [-0.2, 0) is 20.9 Å². The van der Waals surface area contributed by atoms with Crippen molar-refractivity contribution in [2.45, 2.75) is 57.1 Å². The molecule has 0 aromatic carbocycles. The lowest BCUT2D eigenvalue weighted by atomic mass is 9.79. The lowest BCUT2D eigenvalue weighted by Gasteiger charge is -2.54. The van der Waals surface area contributed by atoms with E-state index in [4.69, 9.17) is 9.47 Å². The molecular weight excluding hydrogens is 323 g/mol. The lowest BCUT2D eigenvalue weighted by Crippen LogP contribution is -2.68. The number of pyridine rings is 1. The SMILES string of the molecule is Cc1cncc(CO[C@@H]2CCOC3(C2)CN(C(=O)C2CC(F)C2)C3)c1. The Bertz CT molecular complexity index is 641. The number of carbonyl (C=O) groups is 1. The van der Waals surface area contributed by atoms with E-state index in [9.17, 15) is 9.18 Å². The van der Waals surface area contributed by atoms with Crippen LogP contribution in [0.1, 0.15) is 36.8 Å². The van der Waals surface area contributed by atoms with Gasteiger partial charge in [0.25, 0.3) is 0 Å². The molecule has 136 valence electrons. The number of nitrogens with zero attached hydrogens (tertiary/aromatic N) is 2. The van der Waals surface area contributed by atoms with E-state index in [-0.39, 0.29) is 23.5 Å². The van der Waals surface area contributed by atoms with Crippen LogP contribution in [0.3, 0.4) is 0 Å². The highest BCUT2D eigenvalue weighted by Crippen LogP contribution is 2.39. The lowest BCUT2D eigenvalue weighted by molar-refractivity contribution is -0.206. The molecule has 0 unspecified atom stereocenters. The molecule has 1 aliphatic carbocycles. The average Bonchev–Trinajstić information content (AvgIpc) is 2.55. The van der Waals surface area contributed by atoms with Gasteiger partial charge in [-0.15, -0.1) is 0 Å². The summed E-state index contributed by atoms with van der Waals surface area (Å²) in [4.78, 5) is 18.3. The normalized spacial score (nSPS) is 30.6. The first-order chi connectivity index (χ1) is 12.0. The number of aryl methyl sites for hydroxylation is 1. The zero-order valence-electron chi connectivity index (χ0n) is 14.6. The Kier molecular flexibility index (Phi) is 4.50. The van der Waals surface area contributed by atoms with Gasteiger partial charge in [0.2, 0.25) is 5.91 Å². The number of hydrogen-bond acceptors (Lipinski definition) is 4. The Morgan fingerprint density at radius 1 is 1.44 bits per heavy atom. The summed E-state index contributed by atoms with van der Waals surface area (Å²) in [5.74, 6) is -0.0196. The van der Waals surface area contributed by atoms with Gasteiger partial charge in [0.15, 0.2) is 0 Å². The highest BCUT2D eigenvalue weighted by molar-refractivity contribution is 5.81. The third kappa shape index (κ3) is 3.55. The van der Waals surface area contributed by atoms with Crippen LogP contribution in [0.25, 0.3) is 0 Å². The number of ether oxygens (including phenoxy) is 2. The molecule has 1 saturated carbocycles. The van der Waals surface area contributed by atoms with Gasteiger partial charge < -0.3 is 14.4 Å². The Morgan fingerprint density at radius 3 is 2.96 bits per heavy atom. The van der Waals surface area contributed by atoms with Crippen LogP contribution in [0.4, 0.5) is 4.39 Å². The third-order valence-electron chi connectivity index (χ3n) is 5.56. The first-order valence-electron chi connectivity index (χ1n) is 9.12. The van der Waals surface area contributed by atoms with Crippen molar-refractivity contribution in [2.75, 3.05) is 19.7 Å². The van der Waals surface area contributed by atoms with Gasteiger partial charge in [0, 0.05) is 31.3 Å². The molecule has 3 fully saturated rings. The predicted octanol–water partition coefficient (Wildman–Crippen LogP) is 2.41. The molecule has 3 aliphatic rings. The Hall–Kier alpha value is -1.53. The minimum Gasteiger partial charge on any atom is -0.373 e. The molecule has 2 saturated heterocycles. The number of aromatic nitrogens is 1. The largest absolute Gasteiger partial charge is 0.373 e. The number of likely N-dealkylation sites (tertiary alicyclic amines) is 1. The zero-order chi connectivity index (χ0) is 17.4. The highest BCUT2D eigenvalue weighted by atomic mass is 19.1. The molecule has 3 heterocycles. The first-order valence-corrected chi connectivity index (χ1v) is 9.12. The quantitative estimate of drug-likeness (QED) is 0.839. The maximum absolute atomic E-state index is 12.9. The molecule has 5 nitrogen and oxygen atoms in total. The van der Waals surface area contributed by atoms with Gasteiger partial charge in [0.05, 0.1) is 25.8 Å².